The molecule has 0 unspecified atom stereocenters. The van der Waals surface area contributed by atoms with Crippen molar-refractivity contribution in [2.45, 2.75) is 0 Å². The Morgan fingerprint density at radius 2 is 1.88 bits per heavy atom. The molecule has 1 aliphatic rings. The number of benzene rings is 1. The number of anilines is 2. The normalized spacial score (nSPS) is 16.0. The van der Waals surface area contributed by atoms with Gasteiger partial charge in [-0.05, 0) is 31.3 Å². The van der Waals surface area contributed by atoms with E-state index in [2.05, 4.69) is 62.2 Å². The van der Waals surface area contributed by atoms with Gasteiger partial charge in [-0.2, -0.15) is 0 Å². The Morgan fingerprint density at radius 1 is 1.08 bits per heavy atom. The van der Waals surface area contributed by atoms with Crippen LogP contribution >= 0.6 is 0 Å². The number of imidazole rings is 1. The Morgan fingerprint density at radius 3 is 2.58 bits per heavy atom. The average molecular weight is 324 g/mol. The molecule has 1 fully saturated rings. The van der Waals surface area contributed by atoms with Crippen LogP contribution in [0.5, 0.6) is 0 Å². The molecule has 0 radical (unpaired) electrons. The van der Waals surface area contributed by atoms with Crippen LogP contribution in [0.15, 0.2) is 30.5 Å². The van der Waals surface area contributed by atoms with E-state index in [-0.39, 0.29) is 0 Å². The number of H-pyrrole nitrogens is 1. The molecule has 0 atom stereocenters. The summed E-state index contributed by atoms with van der Waals surface area (Å²) in [6, 6.07) is 8.63. The van der Waals surface area contributed by atoms with Crippen LogP contribution in [0.2, 0.25) is 0 Å². The summed E-state index contributed by atoms with van der Waals surface area (Å²) in [4.78, 5) is 13.1. The monoisotopic (exact) mass is 324 g/mol. The molecule has 4 rings (SSSR count). The van der Waals surface area contributed by atoms with Gasteiger partial charge in [0.05, 0.1) is 22.4 Å². The number of hydrogen-bond acceptors (Lipinski definition) is 4. The lowest BCUT2D eigenvalue weighted by Crippen LogP contribution is -2.44. The first-order valence-electron chi connectivity index (χ1n) is 8.42. The highest BCUT2D eigenvalue weighted by Crippen LogP contribution is 2.27. The van der Waals surface area contributed by atoms with E-state index in [1.165, 1.54) is 5.69 Å². The maximum absolute atomic E-state index is 4.76. The van der Waals surface area contributed by atoms with Crippen LogP contribution in [-0.2, 0) is 7.05 Å². The second-order valence-electron chi connectivity index (χ2n) is 6.55. The third-order valence-corrected chi connectivity index (χ3v) is 4.87. The molecule has 2 N–H and O–H groups in total. The number of nitrogens with zero attached hydrogens (tertiary/aromatic N) is 4. The van der Waals surface area contributed by atoms with Gasteiger partial charge in [0, 0.05) is 52.2 Å². The largest absolute Gasteiger partial charge is 0.387 e. The summed E-state index contributed by atoms with van der Waals surface area (Å²) in [6.07, 6.45) is 2.07. The Bertz CT molecular complexity index is 854. The first-order chi connectivity index (χ1) is 11.6. The minimum atomic E-state index is 0.907. The standard InChI is InChI=1S/C18H24N6/c1-19-13-10-17(23(3)12-13)18-20-15-5-4-14(11-16(15)21-18)24-8-6-22(2)7-9-24/h4-5,10-12,19H,6-9H2,1-3H3,(H,20,21). The number of nitrogens with one attached hydrogen (secondary N) is 2. The fourth-order valence-corrected chi connectivity index (χ4v) is 3.32. The molecule has 3 heterocycles. The van der Waals surface area contributed by atoms with Crippen molar-refractivity contribution in [3.8, 4) is 11.5 Å². The summed E-state index contributed by atoms with van der Waals surface area (Å²) in [5, 5.41) is 3.17. The first kappa shape index (κ1) is 15.1. The number of likely N-dealkylation sites (N-methyl/N-ethyl adjacent to an activating group) is 1. The SMILES string of the molecule is CNc1cc(-c2nc3ccc(N4CCN(C)CC4)cc3[nH]2)n(C)c1. The highest BCUT2D eigenvalue weighted by molar-refractivity contribution is 5.83. The third kappa shape index (κ3) is 2.63. The number of rotatable bonds is 3. The van der Waals surface area contributed by atoms with Crippen molar-refractivity contribution in [2.75, 3.05) is 50.5 Å². The molecule has 0 spiro atoms. The molecule has 24 heavy (non-hydrogen) atoms. The summed E-state index contributed by atoms with van der Waals surface area (Å²) in [6.45, 7) is 4.38. The van der Waals surface area contributed by atoms with Crippen molar-refractivity contribution in [1.29, 1.82) is 0 Å². The summed E-state index contributed by atoms with van der Waals surface area (Å²) >= 11 is 0. The van der Waals surface area contributed by atoms with E-state index in [4.69, 9.17) is 4.98 Å². The van der Waals surface area contributed by atoms with Gasteiger partial charge in [0.25, 0.3) is 0 Å². The lowest BCUT2D eigenvalue weighted by atomic mass is 10.2. The topological polar surface area (TPSA) is 52.1 Å². The zero-order valence-electron chi connectivity index (χ0n) is 14.5. The van der Waals surface area contributed by atoms with E-state index in [1.54, 1.807) is 0 Å². The highest BCUT2D eigenvalue weighted by Gasteiger charge is 2.16. The number of aromatic amines is 1. The number of fused-ring (bicyclic) bond motifs is 1. The van der Waals surface area contributed by atoms with Crippen LogP contribution in [0.4, 0.5) is 11.4 Å². The van der Waals surface area contributed by atoms with E-state index >= 15 is 0 Å². The van der Waals surface area contributed by atoms with Crippen LogP contribution in [0.25, 0.3) is 22.6 Å². The molecule has 0 amide bonds. The summed E-state index contributed by atoms with van der Waals surface area (Å²) < 4.78 is 2.09. The Hall–Kier alpha value is -2.47. The number of piperazine rings is 1. The van der Waals surface area contributed by atoms with Gasteiger partial charge in [-0.3, -0.25) is 0 Å². The molecular weight excluding hydrogens is 300 g/mol. The third-order valence-electron chi connectivity index (χ3n) is 4.87. The molecule has 0 aliphatic carbocycles. The second kappa shape index (κ2) is 5.87. The van der Waals surface area contributed by atoms with E-state index in [9.17, 15) is 0 Å². The van der Waals surface area contributed by atoms with Crippen LogP contribution in [0.1, 0.15) is 0 Å². The quantitative estimate of drug-likeness (QED) is 0.777. The predicted octanol–water partition coefficient (Wildman–Crippen LogP) is 2.36. The van der Waals surface area contributed by atoms with Crippen molar-refractivity contribution < 1.29 is 0 Å². The minimum absolute atomic E-state index is 0.907. The molecule has 0 bridgehead atoms. The van der Waals surface area contributed by atoms with E-state index < -0.39 is 0 Å². The van der Waals surface area contributed by atoms with Gasteiger partial charge in [-0.15, -0.1) is 0 Å². The maximum Gasteiger partial charge on any atom is 0.155 e. The molecule has 126 valence electrons. The Labute approximate surface area is 142 Å². The average Bonchev–Trinajstić information content (AvgIpc) is 3.17. The molecule has 1 aromatic carbocycles. The van der Waals surface area contributed by atoms with E-state index in [0.717, 1.165) is 54.4 Å². The van der Waals surface area contributed by atoms with Crippen LogP contribution in [0.3, 0.4) is 0 Å². The lowest BCUT2D eigenvalue weighted by Gasteiger charge is -2.34. The number of aryl methyl sites for hydroxylation is 1. The second-order valence-corrected chi connectivity index (χ2v) is 6.55. The van der Waals surface area contributed by atoms with Gasteiger partial charge < -0.3 is 24.7 Å². The Balaban J connectivity index is 1.67. The summed E-state index contributed by atoms with van der Waals surface area (Å²) in [5.74, 6) is 0.907. The zero-order chi connectivity index (χ0) is 16.7. The van der Waals surface area contributed by atoms with Crippen molar-refractivity contribution in [3.63, 3.8) is 0 Å². The molecule has 6 nitrogen and oxygen atoms in total. The van der Waals surface area contributed by atoms with Gasteiger partial charge in [-0.1, -0.05) is 0 Å². The predicted molar refractivity (Wildman–Crippen MR) is 99.8 cm³/mol. The summed E-state index contributed by atoms with van der Waals surface area (Å²) in [5.41, 5.74) is 5.54. The van der Waals surface area contributed by atoms with Gasteiger partial charge in [-0.25, -0.2) is 4.98 Å². The fourth-order valence-electron chi connectivity index (χ4n) is 3.32. The molecule has 0 saturated carbocycles. The molecule has 2 aromatic heterocycles. The maximum atomic E-state index is 4.76. The van der Waals surface area contributed by atoms with E-state index in [0.29, 0.717) is 0 Å². The smallest absolute Gasteiger partial charge is 0.155 e. The summed E-state index contributed by atoms with van der Waals surface area (Å²) in [7, 11) is 6.15. The van der Waals surface area contributed by atoms with Crippen LogP contribution < -0.4 is 10.2 Å². The molecule has 6 heteroatoms. The molecule has 1 aliphatic heterocycles. The fraction of sp³-hybridized carbons (Fsp3) is 0.389. The lowest BCUT2D eigenvalue weighted by molar-refractivity contribution is 0.313. The highest BCUT2D eigenvalue weighted by atomic mass is 15.2. The molecule has 3 aromatic rings. The molecule has 1 saturated heterocycles. The van der Waals surface area contributed by atoms with Crippen molar-refractivity contribution in [3.05, 3.63) is 30.5 Å². The van der Waals surface area contributed by atoms with Crippen molar-refractivity contribution in [1.82, 2.24) is 19.4 Å². The number of hydrogen-bond donors (Lipinski definition) is 2. The van der Waals surface area contributed by atoms with E-state index in [1.807, 2.05) is 14.1 Å². The van der Waals surface area contributed by atoms with Gasteiger partial charge >= 0.3 is 0 Å². The first-order valence-corrected chi connectivity index (χ1v) is 8.42. The van der Waals surface area contributed by atoms with Crippen molar-refractivity contribution in [2.24, 2.45) is 7.05 Å². The van der Waals surface area contributed by atoms with Crippen LogP contribution in [-0.4, -0.2) is 59.7 Å². The van der Waals surface area contributed by atoms with Crippen LogP contribution in [0, 0.1) is 0 Å². The minimum Gasteiger partial charge on any atom is -0.387 e. The van der Waals surface area contributed by atoms with Crippen molar-refractivity contribution >= 4 is 22.4 Å². The zero-order valence-corrected chi connectivity index (χ0v) is 14.5. The number of aromatic nitrogens is 3. The van der Waals surface area contributed by atoms with Gasteiger partial charge in [0.2, 0.25) is 0 Å². The van der Waals surface area contributed by atoms with Gasteiger partial charge in [0.15, 0.2) is 5.82 Å². The molecular formula is C18H24N6. The van der Waals surface area contributed by atoms with Gasteiger partial charge in [0.1, 0.15) is 0 Å². The Kier molecular flexibility index (Phi) is 3.69.